The van der Waals surface area contributed by atoms with E-state index in [1.54, 1.807) is 13.8 Å². The maximum Gasteiger partial charge on any atom is 0.325 e. The topological polar surface area (TPSA) is 194 Å². The van der Waals surface area contributed by atoms with Crippen LogP contribution in [0.15, 0.2) is 30.3 Å². The lowest BCUT2D eigenvalue weighted by Crippen LogP contribution is -2.58. The molecule has 182 valence electrons. The average molecular weight is 464 g/mol. The van der Waals surface area contributed by atoms with E-state index < -0.39 is 53.8 Å². The number of hydrogen-bond acceptors (Lipinski definition) is 6. The van der Waals surface area contributed by atoms with Crippen LogP contribution in [0.2, 0.25) is 0 Å². The minimum absolute atomic E-state index is 0.0943. The van der Waals surface area contributed by atoms with Crippen molar-refractivity contribution in [3.8, 4) is 0 Å². The highest BCUT2D eigenvalue weighted by Gasteiger charge is 2.31. The van der Waals surface area contributed by atoms with Gasteiger partial charge in [0.05, 0.1) is 6.04 Å². The summed E-state index contributed by atoms with van der Waals surface area (Å²) in [5.41, 5.74) is 12.0. The van der Waals surface area contributed by atoms with Crippen LogP contribution in [0.5, 0.6) is 0 Å². The number of carbonyl (C=O) groups excluding carboxylic acids is 4. The number of carbonyl (C=O) groups is 5. The Hall–Kier alpha value is -3.47. The van der Waals surface area contributed by atoms with Gasteiger partial charge in [0.1, 0.15) is 18.1 Å². The lowest BCUT2D eigenvalue weighted by molar-refractivity contribution is -0.142. The van der Waals surface area contributed by atoms with Gasteiger partial charge in [-0.3, -0.25) is 24.0 Å². The molecule has 0 bridgehead atoms. The molecule has 0 aliphatic rings. The van der Waals surface area contributed by atoms with Crippen molar-refractivity contribution in [3.63, 3.8) is 0 Å². The monoisotopic (exact) mass is 463 g/mol. The van der Waals surface area contributed by atoms with Crippen molar-refractivity contribution in [2.45, 2.75) is 64.2 Å². The smallest absolute Gasteiger partial charge is 0.325 e. The molecule has 0 saturated heterocycles. The van der Waals surface area contributed by atoms with Gasteiger partial charge in [0.25, 0.3) is 0 Å². The number of carboxylic acid groups (broad SMARTS) is 1. The number of primary amides is 1. The van der Waals surface area contributed by atoms with E-state index in [4.69, 9.17) is 16.6 Å². The highest BCUT2D eigenvalue weighted by atomic mass is 16.4. The molecule has 4 unspecified atom stereocenters. The first-order valence-corrected chi connectivity index (χ1v) is 10.6. The molecule has 0 spiro atoms. The van der Waals surface area contributed by atoms with Gasteiger partial charge < -0.3 is 32.5 Å². The van der Waals surface area contributed by atoms with E-state index in [1.807, 2.05) is 30.3 Å². The summed E-state index contributed by atoms with van der Waals surface area (Å²) < 4.78 is 0. The second-order valence-electron chi connectivity index (χ2n) is 8.16. The lowest BCUT2D eigenvalue weighted by atomic mass is 10.0. The number of nitrogens with one attached hydrogen (secondary N) is 3. The molecule has 11 heteroatoms. The maximum absolute atomic E-state index is 12.9. The van der Waals surface area contributed by atoms with Gasteiger partial charge in [-0.05, 0) is 31.2 Å². The largest absolute Gasteiger partial charge is 0.480 e. The molecule has 0 fully saturated rings. The van der Waals surface area contributed by atoms with Crippen molar-refractivity contribution >= 4 is 29.6 Å². The molecule has 0 heterocycles. The molecule has 1 aromatic rings. The Kier molecular flexibility index (Phi) is 11.0. The van der Waals surface area contributed by atoms with Crippen LogP contribution in [0, 0.1) is 5.92 Å². The molecular formula is C22H33N5O6. The second kappa shape index (κ2) is 13.2. The predicted octanol–water partition coefficient (Wildman–Crippen LogP) is -0.963. The summed E-state index contributed by atoms with van der Waals surface area (Å²) in [6.07, 6.45) is -0.0370. The van der Waals surface area contributed by atoms with Gasteiger partial charge >= 0.3 is 5.97 Å². The van der Waals surface area contributed by atoms with Gasteiger partial charge in [0.15, 0.2) is 0 Å². The fraction of sp³-hybridized carbons (Fsp3) is 0.500. The molecule has 8 N–H and O–H groups in total. The van der Waals surface area contributed by atoms with E-state index in [-0.39, 0.29) is 25.2 Å². The summed E-state index contributed by atoms with van der Waals surface area (Å²) in [4.78, 5) is 60.2. The summed E-state index contributed by atoms with van der Waals surface area (Å²) >= 11 is 0. The molecule has 0 aliphatic carbocycles. The number of amides is 4. The number of carboxylic acids is 1. The third-order valence-corrected chi connectivity index (χ3v) is 4.92. The van der Waals surface area contributed by atoms with E-state index >= 15 is 0 Å². The van der Waals surface area contributed by atoms with Gasteiger partial charge in [0.2, 0.25) is 23.6 Å². The number of benzene rings is 1. The Labute approximate surface area is 192 Å². The van der Waals surface area contributed by atoms with Crippen LogP contribution in [-0.4, -0.2) is 58.9 Å². The molecule has 0 aliphatic heterocycles. The minimum Gasteiger partial charge on any atom is -0.480 e. The molecular weight excluding hydrogens is 430 g/mol. The van der Waals surface area contributed by atoms with Crippen molar-refractivity contribution in [3.05, 3.63) is 35.9 Å². The van der Waals surface area contributed by atoms with Crippen molar-refractivity contribution in [2.75, 3.05) is 0 Å². The first kappa shape index (κ1) is 27.6. The van der Waals surface area contributed by atoms with Crippen LogP contribution >= 0.6 is 0 Å². The molecule has 0 aromatic heterocycles. The lowest BCUT2D eigenvalue weighted by Gasteiger charge is -2.26. The molecule has 0 radical (unpaired) electrons. The van der Waals surface area contributed by atoms with Crippen molar-refractivity contribution in [2.24, 2.45) is 17.4 Å². The normalized spacial score (nSPS) is 14.5. The molecule has 1 aromatic carbocycles. The summed E-state index contributed by atoms with van der Waals surface area (Å²) in [7, 11) is 0. The van der Waals surface area contributed by atoms with Crippen molar-refractivity contribution in [1.82, 2.24) is 16.0 Å². The van der Waals surface area contributed by atoms with E-state index in [0.29, 0.717) is 0 Å². The number of rotatable bonds is 13. The Bertz CT molecular complexity index is 845. The predicted molar refractivity (Wildman–Crippen MR) is 120 cm³/mol. The van der Waals surface area contributed by atoms with E-state index in [1.165, 1.54) is 6.92 Å². The number of nitrogens with two attached hydrogens (primary N) is 2. The highest BCUT2D eigenvalue weighted by Crippen LogP contribution is 2.07. The Morgan fingerprint density at radius 3 is 2.03 bits per heavy atom. The zero-order valence-electron chi connectivity index (χ0n) is 19.0. The van der Waals surface area contributed by atoms with E-state index in [9.17, 15) is 24.0 Å². The van der Waals surface area contributed by atoms with Gasteiger partial charge in [-0.25, -0.2) is 0 Å². The van der Waals surface area contributed by atoms with E-state index in [2.05, 4.69) is 16.0 Å². The Morgan fingerprint density at radius 1 is 0.909 bits per heavy atom. The fourth-order valence-electron chi connectivity index (χ4n) is 2.95. The van der Waals surface area contributed by atoms with Gasteiger partial charge in [0, 0.05) is 6.42 Å². The minimum atomic E-state index is -1.23. The van der Waals surface area contributed by atoms with Crippen LogP contribution < -0.4 is 27.4 Å². The van der Waals surface area contributed by atoms with Crippen LogP contribution in [0.3, 0.4) is 0 Å². The molecule has 0 saturated carbocycles. The van der Waals surface area contributed by atoms with Crippen molar-refractivity contribution < 1.29 is 29.1 Å². The third-order valence-electron chi connectivity index (χ3n) is 4.92. The van der Waals surface area contributed by atoms with E-state index in [0.717, 1.165) is 5.56 Å². The maximum atomic E-state index is 12.9. The fourth-order valence-corrected chi connectivity index (χ4v) is 2.95. The summed E-state index contributed by atoms with van der Waals surface area (Å²) in [5.74, 6) is -4.28. The van der Waals surface area contributed by atoms with Crippen LogP contribution in [-0.2, 0) is 30.4 Å². The SMILES string of the molecule is CC(NC(=O)C(NC(=O)C(CCC(N)=O)NC(=O)C(N)Cc1ccccc1)C(C)C)C(=O)O. The number of hydrogen-bond donors (Lipinski definition) is 6. The average Bonchev–Trinajstić information content (AvgIpc) is 2.74. The Morgan fingerprint density at radius 2 is 1.52 bits per heavy atom. The first-order chi connectivity index (χ1) is 15.4. The van der Waals surface area contributed by atoms with Crippen LogP contribution in [0.4, 0.5) is 0 Å². The van der Waals surface area contributed by atoms with Gasteiger partial charge in [-0.2, -0.15) is 0 Å². The Balaban J connectivity index is 2.90. The van der Waals surface area contributed by atoms with Crippen molar-refractivity contribution in [1.29, 1.82) is 0 Å². The molecule has 4 amide bonds. The van der Waals surface area contributed by atoms with Gasteiger partial charge in [-0.1, -0.05) is 44.2 Å². The molecule has 11 nitrogen and oxygen atoms in total. The zero-order valence-corrected chi connectivity index (χ0v) is 19.0. The second-order valence-corrected chi connectivity index (χ2v) is 8.16. The first-order valence-electron chi connectivity index (χ1n) is 10.6. The molecule has 1 rings (SSSR count). The number of aliphatic carboxylic acids is 1. The summed E-state index contributed by atoms with van der Waals surface area (Å²) in [5, 5.41) is 16.4. The molecule has 33 heavy (non-hydrogen) atoms. The zero-order chi connectivity index (χ0) is 25.1. The van der Waals surface area contributed by atoms with Gasteiger partial charge in [-0.15, -0.1) is 0 Å². The highest BCUT2D eigenvalue weighted by molar-refractivity contribution is 5.94. The molecule has 4 atom stereocenters. The standard InChI is InChI=1S/C22H33N5O6/c1-12(2)18(21(31)25-13(3)22(32)33)27-20(30)16(9-10-17(24)28)26-19(29)15(23)11-14-7-5-4-6-8-14/h4-8,12-13,15-16,18H,9-11,23H2,1-3H3,(H2,24,28)(H,25,31)(H,26,29)(H,27,30)(H,32,33). The third kappa shape index (κ3) is 9.69. The quantitative estimate of drug-likeness (QED) is 0.217. The summed E-state index contributed by atoms with van der Waals surface area (Å²) in [6.45, 7) is 4.63. The summed E-state index contributed by atoms with van der Waals surface area (Å²) in [6, 6.07) is 4.74. The van der Waals surface area contributed by atoms with Crippen LogP contribution in [0.25, 0.3) is 0 Å². The van der Waals surface area contributed by atoms with Crippen LogP contribution in [0.1, 0.15) is 39.2 Å².